The highest BCUT2D eigenvalue weighted by molar-refractivity contribution is 9.10. The highest BCUT2D eigenvalue weighted by atomic mass is 79.9. The Morgan fingerprint density at radius 2 is 2.04 bits per heavy atom. The van der Waals surface area contributed by atoms with Crippen LogP contribution in [-0.4, -0.2) is 70.0 Å². The summed E-state index contributed by atoms with van der Waals surface area (Å²) in [6.45, 7) is 7.79. The molecule has 0 N–H and O–H groups in total. The third-order valence-corrected chi connectivity index (χ3v) is 6.18. The fraction of sp³-hybridized carbons (Fsp3) is 0.632. The zero-order valence-electron chi connectivity index (χ0n) is 15.7. The number of carbonyl (C=O) groups is 1. The number of fused-ring (bicyclic) bond motifs is 1. The first-order chi connectivity index (χ1) is 13.1. The number of nitrogens with zero attached hydrogens (tertiary/aromatic N) is 5. The van der Waals surface area contributed by atoms with Crippen molar-refractivity contribution in [2.24, 2.45) is 5.92 Å². The molecule has 2 aromatic rings. The van der Waals surface area contributed by atoms with E-state index in [1.807, 2.05) is 15.6 Å². The number of aromatic nitrogens is 3. The second-order valence-corrected chi connectivity index (χ2v) is 8.30. The van der Waals surface area contributed by atoms with Crippen LogP contribution in [0.1, 0.15) is 26.2 Å². The number of amides is 1. The van der Waals surface area contributed by atoms with E-state index in [1.165, 1.54) is 12.8 Å². The minimum atomic E-state index is 0.173. The third kappa shape index (κ3) is 4.43. The molecular formula is C19H26BrN5O2. The highest BCUT2D eigenvalue weighted by Gasteiger charge is 2.24. The van der Waals surface area contributed by atoms with Crippen LogP contribution in [0.3, 0.4) is 0 Å². The van der Waals surface area contributed by atoms with E-state index >= 15 is 0 Å². The molecule has 1 amide bonds. The van der Waals surface area contributed by atoms with Gasteiger partial charge in [-0.2, -0.15) is 0 Å². The van der Waals surface area contributed by atoms with Gasteiger partial charge in [0.25, 0.3) is 0 Å². The van der Waals surface area contributed by atoms with Gasteiger partial charge in [0.15, 0.2) is 0 Å². The second-order valence-electron chi connectivity index (χ2n) is 7.51. The maximum Gasteiger partial charge on any atom is 0.219 e. The van der Waals surface area contributed by atoms with E-state index in [0.717, 1.165) is 72.9 Å². The average molecular weight is 436 g/mol. The van der Waals surface area contributed by atoms with Crippen molar-refractivity contribution < 1.29 is 9.53 Å². The van der Waals surface area contributed by atoms with Crippen LogP contribution in [0.25, 0.3) is 11.0 Å². The van der Waals surface area contributed by atoms with E-state index in [9.17, 15) is 4.79 Å². The number of halogens is 1. The van der Waals surface area contributed by atoms with Crippen molar-refractivity contribution in [2.75, 3.05) is 39.3 Å². The lowest BCUT2D eigenvalue weighted by atomic mass is 10.2. The molecule has 146 valence electrons. The van der Waals surface area contributed by atoms with Crippen LogP contribution < -0.4 is 4.74 Å². The standard InChI is InChI=1S/C19H26BrN5O2/c1-14(26)24-10-8-23(9-11-24)7-2-12-27-17-6-5-16-19(18(17)20)21-22-25(16)13-15-3-4-15/h5-6,15H,2-4,7-13H2,1H3. The molecule has 1 aliphatic carbocycles. The van der Waals surface area contributed by atoms with E-state index in [-0.39, 0.29) is 5.91 Å². The number of hydrogen-bond donors (Lipinski definition) is 0. The van der Waals surface area contributed by atoms with E-state index < -0.39 is 0 Å². The van der Waals surface area contributed by atoms with Crippen molar-refractivity contribution in [1.29, 1.82) is 0 Å². The summed E-state index contributed by atoms with van der Waals surface area (Å²) in [7, 11) is 0. The molecule has 8 heteroatoms. The number of rotatable bonds is 7. The van der Waals surface area contributed by atoms with Crippen LogP contribution in [0.4, 0.5) is 0 Å². The fourth-order valence-corrected chi connectivity index (χ4v) is 4.06. The lowest BCUT2D eigenvalue weighted by Gasteiger charge is -2.34. The Labute approximate surface area is 167 Å². The molecule has 2 fully saturated rings. The summed E-state index contributed by atoms with van der Waals surface area (Å²) in [4.78, 5) is 15.7. The molecular weight excluding hydrogens is 410 g/mol. The average Bonchev–Trinajstić information content (AvgIpc) is 3.39. The predicted molar refractivity (Wildman–Crippen MR) is 107 cm³/mol. The van der Waals surface area contributed by atoms with E-state index in [1.54, 1.807) is 6.92 Å². The van der Waals surface area contributed by atoms with Gasteiger partial charge in [-0.25, -0.2) is 4.68 Å². The summed E-state index contributed by atoms with van der Waals surface area (Å²) in [6.07, 6.45) is 3.56. The highest BCUT2D eigenvalue weighted by Crippen LogP contribution is 2.34. The SMILES string of the molecule is CC(=O)N1CCN(CCCOc2ccc3c(nnn3CC3CC3)c2Br)CC1. The molecule has 1 aliphatic heterocycles. The lowest BCUT2D eigenvalue weighted by molar-refractivity contribution is -0.130. The lowest BCUT2D eigenvalue weighted by Crippen LogP contribution is -2.48. The third-order valence-electron chi connectivity index (χ3n) is 5.41. The van der Waals surface area contributed by atoms with Gasteiger partial charge in [-0.05, 0) is 53.2 Å². The van der Waals surface area contributed by atoms with Crippen LogP contribution >= 0.6 is 15.9 Å². The summed E-state index contributed by atoms with van der Waals surface area (Å²) in [5, 5.41) is 8.63. The van der Waals surface area contributed by atoms with Crippen molar-refractivity contribution in [3.8, 4) is 5.75 Å². The summed E-state index contributed by atoms with van der Waals surface area (Å²) in [5.41, 5.74) is 1.93. The fourth-order valence-electron chi connectivity index (χ4n) is 3.53. The normalized spacial score (nSPS) is 18.2. The smallest absolute Gasteiger partial charge is 0.219 e. The first-order valence-corrected chi connectivity index (χ1v) is 10.5. The van der Waals surface area contributed by atoms with Crippen molar-refractivity contribution in [3.63, 3.8) is 0 Å². The van der Waals surface area contributed by atoms with Gasteiger partial charge in [-0.1, -0.05) is 5.21 Å². The first kappa shape index (κ1) is 18.7. The van der Waals surface area contributed by atoms with Gasteiger partial charge >= 0.3 is 0 Å². The minimum absolute atomic E-state index is 0.173. The summed E-state index contributed by atoms with van der Waals surface area (Å²) < 4.78 is 8.87. The van der Waals surface area contributed by atoms with Crippen LogP contribution in [0.5, 0.6) is 5.75 Å². The molecule has 0 radical (unpaired) electrons. The molecule has 0 unspecified atom stereocenters. The van der Waals surface area contributed by atoms with Crippen molar-refractivity contribution in [3.05, 3.63) is 16.6 Å². The molecule has 1 saturated carbocycles. The molecule has 4 rings (SSSR count). The predicted octanol–water partition coefficient (Wildman–Crippen LogP) is 2.54. The zero-order valence-corrected chi connectivity index (χ0v) is 17.3. The van der Waals surface area contributed by atoms with Gasteiger partial charge in [0.2, 0.25) is 5.91 Å². The largest absolute Gasteiger partial charge is 0.492 e. The monoisotopic (exact) mass is 435 g/mol. The van der Waals surface area contributed by atoms with Crippen molar-refractivity contribution >= 4 is 32.9 Å². The number of carbonyl (C=O) groups excluding carboxylic acids is 1. The van der Waals surface area contributed by atoms with Crippen molar-refractivity contribution in [2.45, 2.75) is 32.7 Å². The Kier molecular flexibility index (Phi) is 5.63. The van der Waals surface area contributed by atoms with E-state index in [2.05, 4.69) is 37.2 Å². The number of benzene rings is 1. The number of piperazine rings is 1. The summed E-state index contributed by atoms with van der Waals surface area (Å²) in [5.74, 6) is 1.76. The molecule has 2 aliphatic rings. The maximum absolute atomic E-state index is 11.4. The topological polar surface area (TPSA) is 63.5 Å². The Morgan fingerprint density at radius 3 is 2.74 bits per heavy atom. The summed E-state index contributed by atoms with van der Waals surface area (Å²) >= 11 is 3.64. The molecule has 2 heterocycles. The van der Waals surface area contributed by atoms with E-state index in [0.29, 0.717) is 6.61 Å². The molecule has 7 nitrogen and oxygen atoms in total. The van der Waals surface area contributed by atoms with Gasteiger partial charge in [0.05, 0.1) is 16.6 Å². The van der Waals surface area contributed by atoms with E-state index in [4.69, 9.17) is 4.74 Å². The number of ether oxygens (including phenoxy) is 1. The van der Waals surface area contributed by atoms with Gasteiger partial charge in [-0.3, -0.25) is 9.69 Å². The first-order valence-electron chi connectivity index (χ1n) is 9.74. The van der Waals surface area contributed by atoms with Crippen LogP contribution in [0.15, 0.2) is 16.6 Å². The summed E-state index contributed by atoms with van der Waals surface area (Å²) in [6, 6.07) is 4.06. The Balaban J connectivity index is 1.27. The second kappa shape index (κ2) is 8.14. The molecule has 27 heavy (non-hydrogen) atoms. The Hall–Kier alpha value is -1.67. The maximum atomic E-state index is 11.4. The molecule has 0 spiro atoms. The molecule has 1 aromatic carbocycles. The van der Waals surface area contributed by atoms with Gasteiger partial charge in [0.1, 0.15) is 11.3 Å². The Bertz CT molecular complexity index is 812. The molecule has 1 aromatic heterocycles. The molecule has 0 atom stereocenters. The van der Waals surface area contributed by atoms with Crippen LogP contribution in [0, 0.1) is 5.92 Å². The van der Waals surface area contributed by atoms with Gasteiger partial charge in [-0.15, -0.1) is 5.10 Å². The van der Waals surface area contributed by atoms with Crippen molar-refractivity contribution in [1.82, 2.24) is 24.8 Å². The van der Waals surface area contributed by atoms with Gasteiger partial charge in [0, 0.05) is 46.2 Å². The minimum Gasteiger partial charge on any atom is -0.492 e. The van der Waals surface area contributed by atoms with Crippen LogP contribution in [-0.2, 0) is 11.3 Å². The van der Waals surface area contributed by atoms with Gasteiger partial charge < -0.3 is 9.64 Å². The quantitative estimate of drug-likeness (QED) is 0.625. The Morgan fingerprint density at radius 1 is 1.26 bits per heavy atom. The van der Waals surface area contributed by atoms with Crippen LogP contribution in [0.2, 0.25) is 0 Å². The molecule has 1 saturated heterocycles. The molecule has 0 bridgehead atoms. The number of hydrogen-bond acceptors (Lipinski definition) is 5. The zero-order chi connectivity index (χ0) is 18.8.